The van der Waals surface area contributed by atoms with E-state index in [1.165, 1.54) is 32.5 Å². The van der Waals surface area contributed by atoms with Crippen LogP contribution in [0.1, 0.15) is 47.0 Å². The van der Waals surface area contributed by atoms with Crippen molar-refractivity contribution in [3.63, 3.8) is 0 Å². The summed E-state index contributed by atoms with van der Waals surface area (Å²) in [6.07, 6.45) is 3.76. The highest BCUT2D eigenvalue weighted by Gasteiger charge is 2.19. The highest BCUT2D eigenvalue weighted by molar-refractivity contribution is 4.72. The van der Waals surface area contributed by atoms with Gasteiger partial charge in [0.2, 0.25) is 0 Å². The SMILES string of the molecule is CC(C)CN1CCC(COCCCNC(C)C)CC1. The molecule has 1 aliphatic heterocycles. The number of nitrogens with zero attached hydrogens (tertiary/aromatic N) is 1. The monoisotopic (exact) mass is 270 g/mol. The van der Waals surface area contributed by atoms with Crippen LogP contribution >= 0.6 is 0 Å². The summed E-state index contributed by atoms with van der Waals surface area (Å²) < 4.78 is 5.81. The molecule has 1 aliphatic rings. The smallest absolute Gasteiger partial charge is 0.0495 e. The van der Waals surface area contributed by atoms with Gasteiger partial charge in [-0.3, -0.25) is 0 Å². The Morgan fingerprint density at radius 3 is 2.42 bits per heavy atom. The van der Waals surface area contributed by atoms with Crippen LogP contribution in [0, 0.1) is 11.8 Å². The summed E-state index contributed by atoms with van der Waals surface area (Å²) in [5.74, 6) is 1.59. The maximum Gasteiger partial charge on any atom is 0.0495 e. The van der Waals surface area contributed by atoms with E-state index in [0.717, 1.165) is 38.0 Å². The average Bonchev–Trinajstić information content (AvgIpc) is 2.34. The van der Waals surface area contributed by atoms with Crippen molar-refractivity contribution >= 4 is 0 Å². The van der Waals surface area contributed by atoms with Gasteiger partial charge in [-0.25, -0.2) is 0 Å². The molecule has 0 aromatic rings. The molecular formula is C16H34N2O. The molecular weight excluding hydrogens is 236 g/mol. The van der Waals surface area contributed by atoms with Gasteiger partial charge in [-0.2, -0.15) is 0 Å². The van der Waals surface area contributed by atoms with Crippen molar-refractivity contribution in [2.24, 2.45) is 11.8 Å². The van der Waals surface area contributed by atoms with Crippen molar-refractivity contribution in [3.8, 4) is 0 Å². The fourth-order valence-electron chi connectivity index (χ4n) is 2.67. The lowest BCUT2D eigenvalue weighted by atomic mass is 9.97. The Morgan fingerprint density at radius 2 is 1.84 bits per heavy atom. The van der Waals surface area contributed by atoms with E-state index in [1.54, 1.807) is 0 Å². The number of hydrogen-bond donors (Lipinski definition) is 1. The Bertz CT molecular complexity index is 211. The zero-order valence-electron chi connectivity index (χ0n) is 13.5. The van der Waals surface area contributed by atoms with Crippen LogP contribution in [0.15, 0.2) is 0 Å². The zero-order chi connectivity index (χ0) is 14.1. The van der Waals surface area contributed by atoms with Gasteiger partial charge in [0.1, 0.15) is 0 Å². The predicted molar refractivity (Wildman–Crippen MR) is 82.6 cm³/mol. The van der Waals surface area contributed by atoms with E-state index in [0.29, 0.717) is 6.04 Å². The minimum atomic E-state index is 0.588. The number of ether oxygens (including phenoxy) is 1. The van der Waals surface area contributed by atoms with Crippen LogP contribution in [0.25, 0.3) is 0 Å². The van der Waals surface area contributed by atoms with Crippen LogP contribution < -0.4 is 5.32 Å². The van der Waals surface area contributed by atoms with Gasteiger partial charge in [0, 0.05) is 25.8 Å². The summed E-state index contributed by atoms with van der Waals surface area (Å²) in [6.45, 7) is 15.7. The maximum atomic E-state index is 5.81. The Morgan fingerprint density at radius 1 is 1.16 bits per heavy atom. The molecule has 1 saturated heterocycles. The van der Waals surface area contributed by atoms with E-state index >= 15 is 0 Å². The summed E-state index contributed by atoms with van der Waals surface area (Å²) in [7, 11) is 0. The summed E-state index contributed by atoms with van der Waals surface area (Å²) in [6, 6.07) is 0.588. The van der Waals surface area contributed by atoms with E-state index in [4.69, 9.17) is 4.74 Å². The first-order valence-electron chi connectivity index (χ1n) is 8.11. The number of likely N-dealkylation sites (tertiary alicyclic amines) is 1. The zero-order valence-corrected chi connectivity index (χ0v) is 13.5. The molecule has 0 amide bonds. The van der Waals surface area contributed by atoms with E-state index in [1.807, 2.05) is 0 Å². The third kappa shape index (κ3) is 8.61. The Balaban J connectivity index is 1.95. The standard InChI is InChI=1S/C16H34N2O/c1-14(2)12-18-9-6-16(7-10-18)13-19-11-5-8-17-15(3)4/h14-17H,5-13H2,1-4H3. The minimum absolute atomic E-state index is 0.588. The molecule has 0 radical (unpaired) electrons. The number of rotatable bonds is 9. The average molecular weight is 270 g/mol. The van der Waals surface area contributed by atoms with Crippen LogP contribution in [-0.4, -0.2) is 50.3 Å². The fourth-order valence-corrected chi connectivity index (χ4v) is 2.67. The second-order valence-electron chi connectivity index (χ2n) is 6.68. The molecule has 1 fully saturated rings. The van der Waals surface area contributed by atoms with Crippen molar-refractivity contribution in [1.29, 1.82) is 0 Å². The Labute approximate surface area is 120 Å². The lowest BCUT2D eigenvalue weighted by Gasteiger charge is -2.32. The number of nitrogens with one attached hydrogen (secondary N) is 1. The Kier molecular flexibility index (Phi) is 8.67. The molecule has 0 aromatic heterocycles. The molecule has 0 spiro atoms. The second kappa shape index (κ2) is 9.73. The quantitative estimate of drug-likeness (QED) is 0.652. The summed E-state index contributed by atoms with van der Waals surface area (Å²) in [5.41, 5.74) is 0. The second-order valence-corrected chi connectivity index (χ2v) is 6.68. The topological polar surface area (TPSA) is 24.5 Å². The van der Waals surface area contributed by atoms with Crippen LogP contribution in [0.5, 0.6) is 0 Å². The summed E-state index contributed by atoms with van der Waals surface area (Å²) in [4.78, 5) is 2.60. The van der Waals surface area contributed by atoms with Crippen molar-refractivity contribution in [3.05, 3.63) is 0 Å². The van der Waals surface area contributed by atoms with Crippen molar-refractivity contribution in [2.45, 2.75) is 53.0 Å². The van der Waals surface area contributed by atoms with Gasteiger partial charge in [-0.15, -0.1) is 0 Å². The van der Waals surface area contributed by atoms with Gasteiger partial charge >= 0.3 is 0 Å². The van der Waals surface area contributed by atoms with E-state index in [9.17, 15) is 0 Å². The van der Waals surface area contributed by atoms with Crippen molar-refractivity contribution in [2.75, 3.05) is 39.4 Å². The number of piperidine rings is 1. The van der Waals surface area contributed by atoms with Gasteiger partial charge in [-0.05, 0) is 50.7 Å². The molecule has 0 aliphatic carbocycles. The van der Waals surface area contributed by atoms with Gasteiger partial charge in [-0.1, -0.05) is 27.7 Å². The molecule has 0 bridgehead atoms. The van der Waals surface area contributed by atoms with Crippen LogP contribution in [-0.2, 0) is 4.74 Å². The van der Waals surface area contributed by atoms with Crippen LogP contribution in [0.4, 0.5) is 0 Å². The highest BCUT2D eigenvalue weighted by Crippen LogP contribution is 2.18. The maximum absolute atomic E-state index is 5.81. The first-order chi connectivity index (χ1) is 9.08. The molecule has 114 valence electrons. The van der Waals surface area contributed by atoms with Crippen molar-refractivity contribution in [1.82, 2.24) is 10.2 Å². The van der Waals surface area contributed by atoms with E-state index in [2.05, 4.69) is 37.9 Å². The normalized spacial score (nSPS) is 18.6. The van der Waals surface area contributed by atoms with E-state index in [-0.39, 0.29) is 0 Å². The predicted octanol–water partition coefficient (Wildman–Crippen LogP) is 2.76. The van der Waals surface area contributed by atoms with Gasteiger partial charge < -0.3 is 15.0 Å². The molecule has 19 heavy (non-hydrogen) atoms. The molecule has 0 aromatic carbocycles. The largest absolute Gasteiger partial charge is 0.381 e. The first kappa shape index (κ1) is 16.9. The molecule has 1 N–H and O–H groups in total. The first-order valence-corrected chi connectivity index (χ1v) is 8.11. The minimum Gasteiger partial charge on any atom is -0.381 e. The number of hydrogen-bond acceptors (Lipinski definition) is 3. The van der Waals surface area contributed by atoms with Gasteiger partial charge in [0.05, 0.1) is 0 Å². The third-order valence-electron chi connectivity index (χ3n) is 3.70. The lowest BCUT2D eigenvalue weighted by Crippen LogP contribution is -2.37. The van der Waals surface area contributed by atoms with Gasteiger partial charge in [0.15, 0.2) is 0 Å². The van der Waals surface area contributed by atoms with Crippen LogP contribution in [0.3, 0.4) is 0 Å². The molecule has 1 heterocycles. The molecule has 0 atom stereocenters. The highest BCUT2D eigenvalue weighted by atomic mass is 16.5. The third-order valence-corrected chi connectivity index (χ3v) is 3.70. The fraction of sp³-hybridized carbons (Fsp3) is 1.00. The lowest BCUT2D eigenvalue weighted by molar-refractivity contribution is 0.0632. The summed E-state index contributed by atoms with van der Waals surface area (Å²) >= 11 is 0. The van der Waals surface area contributed by atoms with Crippen LogP contribution in [0.2, 0.25) is 0 Å². The molecule has 3 heteroatoms. The van der Waals surface area contributed by atoms with Crippen molar-refractivity contribution < 1.29 is 4.74 Å². The Hall–Kier alpha value is -0.120. The molecule has 3 nitrogen and oxygen atoms in total. The van der Waals surface area contributed by atoms with E-state index < -0.39 is 0 Å². The molecule has 0 saturated carbocycles. The van der Waals surface area contributed by atoms with Gasteiger partial charge in [0.25, 0.3) is 0 Å². The molecule has 0 unspecified atom stereocenters. The summed E-state index contributed by atoms with van der Waals surface area (Å²) in [5, 5.41) is 3.42. The molecule has 1 rings (SSSR count).